The van der Waals surface area contributed by atoms with Gasteiger partial charge in [0.15, 0.2) is 0 Å². The van der Waals surface area contributed by atoms with Gasteiger partial charge in [-0.1, -0.05) is 340 Å². The molecule has 79 heavy (non-hydrogen) atoms. The monoisotopic (exact) mass is 1110 g/mol. The largest absolute Gasteiger partial charge is 0.466 e. The van der Waals surface area contributed by atoms with Gasteiger partial charge in [-0.05, 0) is 77.0 Å². The van der Waals surface area contributed by atoms with E-state index in [2.05, 4.69) is 43.5 Å². The number of unbranched alkanes of at least 4 members (excludes halogenated alkanes) is 53. The van der Waals surface area contributed by atoms with Gasteiger partial charge in [0.25, 0.3) is 0 Å². The molecule has 0 aromatic carbocycles. The Morgan fingerprint density at radius 1 is 0.342 bits per heavy atom. The lowest BCUT2D eigenvalue weighted by Crippen LogP contribution is -2.45. The fourth-order valence-electron chi connectivity index (χ4n) is 11.5. The second kappa shape index (κ2) is 68.8. The van der Waals surface area contributed by atoms with E-state index in [-0.39, 0.29) is 18.5 Å². The lowest BCUT2D eigenvalue weighted by molar-refractivity contribution is -0.143. The van der Waals surface area contributed by atoms with Crippen molar-refractivity contribution in [2.75, 3.05) is 13.2 Å². The summed E-state index contributed by atoms with van der Waals surface area (Å²) >= 11 is 0. The molecule has 0 heterocycles. The van der Waals surface area contributed by atoms with Gasteiger partial charge in [0.05, 0.1) is 25.4 Å². The topological polar surface area (TPSA) is 95.9 Å². The van der Waals surface area contributed by atoms with E-state index in [1.54, 1.807) is 0 Å². The summed E-state index contributed by atoms with van der Waals surface area (Å²) in [5.74, 6) is -0.0298. The highest BCUT2D eigenvalue weighted by molar-refractivity contribution is 5.76. The van der Waals surface area contributed by atoms with Gasteiger partial charge in [0.2, 0.25) is 5.91 Å². The van der Waals surface area contributed by atoms with E-state index in [0.717, 1.165) is 44.9 Å². The molecule has 0 saturated carbocycles. The van der Waals surface area contributed by atoms with Crippen LogP contribution >= 0.6 is 0 Å². The molecule has 0 aliphatic carbocycles. The van der Waals surface area contributed by atoms with Crippen molar-refractivity contribution in [3.8, 4) is 0 Å². The second-order valence-electron chi connectivity index (χ2n) is 24.9. The summed E-state index contributed by atoms with van der Waals surface area (Å²) < 4.78 is 5.48. The molecule has 0 spiro atoms. The number of nitrogens with one attached hydrogen (secondary N) is 1. The highest BCUT2D eigenvalue weighted by atomic mass is 16.5. The SMILES string of the molecule is CCCCCCC/C=C\CCCCCCCC(=O)OCCCCCCCCCCCCCC/C=C\CCCCCCCCCCC(=O)NC(CO)C(O)CCCCCCCCCCCCCCCCCCCCCCCCCC. The number of allylic oxidation sites excluding steroid dienone is 4. The lowest BCUT2D eigenvalue weighted by Gasteiger charge is -2.22. The fraction of sp³-hybridized carbons (Fsp3) is 0.918. The van der Waals surface area contributed by atoms with Gasteiger partial charge < -0.3 is 20.3 Å². The van der Waals surface area contributed by atoms with Gasteiger partial charge >= 0.3 is 5.97 Å². The smallest absolute Gasteiger partial charge is 0.305 e. The van der Waals surface area contributed by atoms with E-state index in [9.17, 15) is 19.8 Å². The van der Waals surface area contributed by atoms with Crippen molar-refractivity contribution in [1.82, 2.24) is 5.32 Å². The predicted octanol–water partition coefficient (Wildman–Crippen LogP) is 23.3. The molecule has 2 atom stereocenters. The van der Waals surface area contributed by atoms with Gasteiger partial charge in [-0.25, -0.2) is 0 Å². The number of hydrogen-bond donors (Lipinski definition) is 3. The summed E-state index contributed by atoms with van der Waals surface area (Å²) in [7, 11) is 0. The molecule has 0 rings (SSSR count). The van der Waals surface area contributed by atoms with Gasteiger partial charge in [-0.15, -0.1) is 0 Å². The van der Waals surface area contributed by atoms with Crippen molar-refractivity contribution >= 4 is 11.9 Å². The molecule has 3 N–H and O–H groups in total. The molecule has 1 amide bonds. The maximum absolute atomic E-state index is 12.6. The standard InChI is InChI=1S/C73H141NO5/c1-3-5-7-9-11-13-15-17-19-20-21-22-23-26-29-32-35-38-41-45-49-53-57-61-65-71(76)70(69-75)74-72(77)66-62-58-54-50-46-42-39-36-33-30-27-24-25-28-31-34-37-40-44-48-52-56-60-64-68-79-73(78)67-63-59-55-51-47-43-18-16-14-12-10-8-6-4-2/h16,18,27,30,70-71,75-76H,3-15,17,19-26,28-29,31-69H2,1-2H3,(H,74,77)/b18-16-,30-27-. The number of carbonyl (C=O) groups excluding carboxylic acids is 2. The normalized spacial score (nSPS) is 12.6. The van der Waals surface area contributed by atoms with Crippen LogP contribution in [0.3, 0.4) is 0 Å². The van der Waals surface area contributed by atoms with Crippen LogP contribution in [0.5, 0.6) is 0 Å². The number of hydrogen-bond acceptors (Lipinski definition) is 5. The molecule has 0 saturated heterocycles. The fourth-order valence-corrected chi connectivity index (χ4v) is 11.5. The van der Waals surface area contributed by atoms with Gasteiger partial charge in [-0.3, -0.25) is 9.59 Å². The van der Waals surface area contributed by atoms with Crippen LogP contribution in [0.1, 0.15) is 406 Å². The predicted molar refractivity (Wildman–Crippen MR) is 347 cm³/mol. The summed E-state index contributed by atoms with van der Waals surface area (Å²) in [6.07, 6.45) is 86.6. The zero-order chi connectivity index (χ0) is 57.1. The van der Waals surface area contributed by atoms with Crippen LogP contribution in [0.25, 0.3) is 0 Å². The van der Waals surface area contributed by atoms with Crippen LogP contribution in [0.4, 0.5) is 0 Å². The molecule has 2 unspecified atom stereocenters. The van der Waals surface area contributed by atoms with Crippen molar-refractivity contribution in [2.24, 2.45) is 0 Å². The number of aliphatic hydroxyl groups excluding tert-OH is 2. The van der Waals surface area contributed by atoms with E-state index in [1.165, 1.54) is 327 Å². The Morgan fingerprint density at radius 2 is 0.595 bits per heavy atom. The number of aliphatic hydroxyl groups is 2. The molecule has 0 aromatic heterocycles. The first kappa shape index (κ1) is 77.3. The minimum atomic E-state index is -0.669. The first-order valence-electron chi connectivity index (χ1n) is 36.1. The summed E-state index contributed by atoms with van der Waals surface area (Å²) in [6.45, 7) is 4.98. The highest BCUT2D eigenvalue weighted by Crippen LogP contribution is 2.19. The van der Waals surface area contributed by atoms with Crippen LogP contribution in [-0.4, -0.2) is 47.4 Å². The number of carbonyl (C=O) groups is 2. The summed E-state index contributed by atoms with van der Waals surface area (Å²) in [4.78, 5) is 24.6. The average Bonchev–Trinajstić information content (AvgIpc) is 3.45. The number of ether oxygens (including phenoxy) is 1. The van der Waals surface area contributed by atoms with Crippen LogP contribution < -0.4 is 5.32 Å². The van der Waals surface area contributed by atoms with Crippen molar-refractivity contribution in [3.05, 3.63) is 24.3 Å². The molecule has 0 aliphatic heterocycles. The van der Waals surface area contributed by atoms with E-state index in [1.807, 2.05) is 0 Å². The van der Waals surface area contributed by atoms with Crippen LogP contribution in [0.15, 0.2) is 24.3 Å². The molecule has 0 fully saturated rings. The van der Waals surface area contributed by atoms with Gasteiger partial charge in [-0.2, -0.15) is 0 Å². The molecule has 0 bridgehead atoms. The summed E-state index contributed by atoms with van der Waals surface area (Å²) in [6, 6.07) is -0.546. The molecular weight excluding hydrogens is 971 g/mol. The van der Waals surface area contributed by atoms with E-state index >= 15 is 0 Å². The third-order valence-corrected chi connectivity index (χ3v) is 17.0. The number of rotatable bonds is 68. The maximum Gasteiger partial charge on any atom is 0.305 e. The average molecular weight is 1110 g/mol. The van der Waals surface area contributed by atoms with Crippen molar-refractivity contribution in [2.45, 2.75) is 418 Å². The van der Waals surface area contributed by atoms with Crippen LogP contribution in [-0.2, 0) is 14.3 Å². The Bertz CT molecular complexity index is 1230. The van der Waals surface area contributed by atoms with Gasteiger partial charge in [0, 0.05) is 12.8 Å². The molecular formula is C73H141NO5. The molecule has 6 nitrogen and oxygen atoms in total. The first-order chi connectivity index (χ1) is 39.0. The zero-order valence-electron chi connectivity index (χ0n) is 53.6. The summed E-state index contributed by atoms with van der Waals surface area (Å²) in [5, 5.41) is 23.4. The van der Waals surface area contributed by atoms with E-state index in [4.69, 9.17) is 4.74 Å². The van der Waals surface area contributed by atoms with Crippen molar-refractivity contribution in [3.63, 3.8) is 0 Å². The molecule has 0 aliphatic rings. The lowest BCUT2D eigenvalue weighted by atomic mass is 10.0. The Morgan fingerprint density at radius 3 is 0.899 bits per heavy atom. The Kier molecular flexibility index (Phi) is 67.4. The summed E-state index contributed by atoms with van der Waals surface area (Å²) in [5.41, 5.74) is 0. The third-order valence-electron chi connectivity index (χ3n) is 17.0. The molecule has 0 radical (unpaired) electrons. The minimum absolute atomic E-state index is 0.00492. The number of amides is 1. The Balaban J connectivity index is 3.40. The molecule has 0 aromatic rings. The van der Waals surface area contributed by atoms with E-state index < -0.39 is 12.1 Å². The van der Waals surface area contributed by atoms with Crippen LogP contribution in [0, 0.1) is 0 Å². The Labute approximate surface area is 494 Å². The van der Waals surface area contributed by atoms with Crippen molar-refractivity contribution in [1.29, 1.82) is 0 Å². The van der Waals surface area contributed by atoms with Gasteiger partial charge in [0.1, 0.15) is 0 Å². The Hall–Kier alpha value is -1.66. The van der Waals surface area contributed by atoms with E-state index in [0.29, 0.717) is 25.9 Å². The molecule has 6 heteroatoms. The zero-order valence-corrected chi connectivity index (χ0v) is 53.6. The molecule has 468 valence electrons. The first-order valence-corrected chi connectivity index (χ1v) is 36.1. The maximum atomic E-state index is 12.6. The second-order valence-corrected chi connectivity index (χ2v) is 24.9. The minimum Gasteiger partial charge on any atom is -0.466 e. The highest BCUT2D eigenvalue weighted by Gasteiger charge is 2.20. The number of esters is 1. The third kappa shape index (κ3) is 65.4. The quantitative estimate of drug-likeness (QED) is 0.0320. The van der Waals surface area contributed by atoms with Crippen LogP contribution in [0.2, 0.25) is 0 Å². The van der Waals surface area contributed by atoms with Crippen molar-refractivity contribution < 1.29 is 24.5 Å².